The van der Waals surface area contributed by atoms with E-state index in [2.05, 4.69) is 10.5 Å². The Balaban J connectivity index is 1.39. The van der Waals surface area contributed by atoms with Crippen molar-refractivity contribution < 1.29 is 13.6 Å². The van der Waals surface area contributed by atoms with Crippen molar-refractivity contribution in [3.8, 4) is 17.0 Å². The standard InChI is InChI=1S/C22H16FN3O2/c23-18-5-3-4-17(14-18)21-11-10-20(28-21)15-24-25-22(27)16-6-8-19(9-7-16)26-12-1-2-13-26/h1-15H,(H,25,27)/b24-15+. The first-order valence-electron chi connectivity index (χ1n) is 8.62. The van der Waals surface area contributed by atoms with E-state index in [1.807, 2.05) is 41.2 Å². The van der Waals surface area contributed by atoms with Crippen LogP contribution in [0.3, 0.4) is 0 Å². The number of nitrogens with zero attached hydrogens (tertiary/aromatic N) is 2. The minimum absolute atomic E-state index is 0.327. The Hall–Kier alpha value is -3.93. The maximum atomic E-state index is 13.3. The fourth-order valence-electron chi connectivity index (χ4n) is 2.73. The van der Waals surface area contributed by atoms with Crippen molar-refractivity contribution in [2.75, 3.05) is 0 Å². The molecule has 5 nitrogen and oxygen atoms in total. The average Bonchev–Trinajstić information content (AvgIpc) is 3.40. The molecule has 0 aliphatic carbocycles. The van der Waals surface area contributed by atoms with Gasteiger partial charge in [0.1, 0.15) is 17.3 Å². The largest absolute Gasteiger partial charge is 0.455 e. The highest BCUT2D eigenvalue weighted by Gasteiger charge is 2.06. The third-order valence-electron chi connectivity index (χ3n) is 4.13. The topological polar surface area (TPSA) is 59.5 Å². The third kappa shape index (κ3) is 3.91. The zero-order valence-corrected chi connectivity index (χ0v) is 14.7. The van der Waals surface area contributed by atoms with Gasteiger partial charge >= 0.3 is 0 Å². The molecule has 4 aromatic rings. The smallest absolute Gasteiger partial charge is 0.271 e. The Morgan fingerprint density at radius 3 is 2.54 bits per heavy atom. The van der Waals surface area contributed by atoms with E-state index in [0.717, 1.165) is 5.69 Å². The van der Waals surface area contributed by atoms with Crippen LogP contribution in [-0.2, 0) is 0 Å². The molecule has 2 aromatic carbocycles. The van der Waals surface area contributed by atoms with Crippen LogP contribution in [-0.4, -0.2) is 16.7 Å². The summed E-state index contributed by atoms with van der Waals surface area (Å²) in [5, 5.41) is 3.92. The highest BCUT2D eigenvalue weighted by Crippen LogP contribution is 2.22. The van der Waals surface area contributed by atoms with E-state index in [1.54, 1.807) is 36.4 Å². The Morgan fingerprint density at radius 1 is 1.00 bits per heavy atom. The first-order valence-corrected chi connectivity index (χ1v) is 8.62. The summed E-state index contributed by atoms with van der Waals surface area (Å²) in [6.45, 7) is 0. The van der Waals surface area contributed by atoms with E-state index in [-0.39, 0.29) is 11.7 Å². The molecule has 6 heteroatoms. The van der Waals surface area contributed by atoms with Crippen LogP contribution in [0.15, 0.2) is 94.7 Å². The molecule has 0 spiro atoms. The van der Waals surface area contributed by atoms with Gasteiger partial charge in [-0.3, -0.25) is 4.79 Å². The first-order chi connectivity index (χ1) is 13.7. The van der Waals surface area contributed by atoms with Gasteiger partial charge in [0.05, 0.1) is 6.21 Å². The first kappa shape index (κ1) is 17.5. The Bertz CT molecular complexity index is 1110. The molecule has 1 N–H and O–H groups in total. The Labute approximate surface area is 160 Å². The second kappa shape index (κ2) is 7.75. The van der Waals surface area contributed by atoms with Crippen molar-refractivity contribution in [1.82, 2.24) is 9.99 Å². The number of rotatable bonds is 5. The minimum atomic E-state index is -0.334. The summed E-state index contributed by atoms with van der Waals surface area (Å²) in [7, 11) is 0. The molecule has 0 bridgehead atoms. The monoisotopic (exact) mass is 373 g/mol. The lowest BCUT2D eigenvalue weighted by Gasteiger charge is -2.04. The van der Waals surface area contributed by atoms with Gasteiger partial charge in [-0.05, 0) is 60.7 Å². The van der Waals surface area contributed by atoms with Gasteiger partial charge in [-0.25, -0.2) is 9.82 Å². The molecule has 0 atom stereocenters. The predicted octanol–water partition coefficient (Wildman–Crippen LogP) is 4.64. The molecule has 4 rings (SSSR count). The maximum absolute atomic E-state index is 13.3. The number of hydrogen-bond acceptors (Lipinski definition) is 3. The van der Waals surface area contributed by atoms with Crippen LogP contribution < -0.4 is 5.43 Å². The molecule has 1 amide bonds. The third-order valence-corrected chi connectivity index (χ3v) is 4.13. The predicted molar refractivity (Wildman–Crippen MR) is 105 cm³/mol. The van der Waals surface area contributed by atoms with Crippen LogP contribution in [0, 0.1) is 5.82 Å². The van der Waals surface area contributed by atoms with E-state index in [0.29, 0.717) is 22.6 Å². The van der Waals surface area contributed by atoms with Gasteiger partial charge in [0.15, 0.2) is 0 Å². The summed E-state index contributed by atoms with van der Waals surface area (Å²) in [6, 6.07) is 20.6. The number of nitrogens with one attached hydrogen (secondary N) is 1. The number of hydrogen-bond donors (Lipinski definition) is 1. The average molecular weight is 373 g/mol. The zero-order valence-electron chi connectivity index (χ0n) is 14.7. The number of halogens is 1. The molecular weight excluding hydrogens is 357 g/mol. The Morgan fingerprint density at radius 2 is 1.79 bits per heavy atom. The van der Waals surface area contributed by atoms with E-state index >= 15 is 0 Å². The van der Waals surface area contributed by atoms with Crippen LogP contribution in [0.2, 0.25) is 0 Å². The molecule has 0 saturated carbocycles. The highest BCUT2D eigenvalue weighted by atomic mass is 19.1. The Kier molecular flexibility index (Phi) is 4.84. The van der Waals surface area contributed by atoms with Gasteiger partial charge in [0.2, 0.25) is 0 Å². The lowest BCUT2D eigenvalue weighted by atomic mass is 10.2. The van der Waals surface area contributed by atoms with Crippen molar-refractivity contribution >= 4 is 12.1 Å². The number of amides is 1. The number of carbonyl (C=O) groups excluding carboxylic acids is 1. The summed E-state index contributed by atoms with van der Waals surface area (Å²) in [5.41, 5.74) is 4.55. The molecule has 0 unspecified atom stereocenters. The number of hydrazone groups is 1. The van der Waals surface area contributed by atoms with Crippen LogP contribution in [0.25, 0.3) is 17.0 Å². The maximum Gasteiger partial charge on any atom is 0.271 e. The summed E-state index contributed by atoms with van der Waals surface area (Å²) >= 11 is 0. The van der Waals surface area contributed by atoms with Gasteiger partial charge in [-0.1, -0.05) is 12.1 Å². The van der Waals surface area contributed by atoms with Crippen LogP contribution in [0.4, 0.5) is 4.39 Å². The highest BCUT2D eigenvalue weighted by molar-refractivity contribution is 5.94. The molecule has 28 heavy (non-hydrogen) atoms. The second-order valence-corrected chi connectivity index (χ2v) is 6.05. The minimum Gasteiger partial charge on any atom is -0.455 e. The lowest BCUT2D eigenvalue weighted by Crippen LogP contribution is -2.17. The van der Waals surface area contributed by atoms with Gasteiger partial charge < -0.3 is 8.98 Å². The fourth-order valence-corrected chi connectivity index (χ4v) is 2.73. The van der Waals surface area contributed by atoms with Crippen molar-refractivity contribution in [3.05, 3.63) is 102 Å². The van der Waals surface area contributed by atoms with Crippen LogP contribution in [0.5, 0.6) is 0 Å². The summed E-state index contributed by atoms with van der Waals surface area (Å²) in [5.74, 6) is 0.307. The summed E-state index contributed by atoms with van der Waals surface area (Å²) in [4.78, 5) is 12.2. The van der Waals surface area contributed by atoms with Crippen molar-refractivity contribution in [2.45, 2.75) is 0 Å². The molecular formula is C22H16FN3O2. The van der Waals surface area contributed by atoms with Crippen molar-refractivity contribution in [1.29, 1.82) is 0 Å². The number of aromatic nitrogens is 1. The normalized spacial score (nSPS) is 11.0. The number of benzene rings is 2. The van der Waals surface area contributed by atoms with E-state index < -0.39 is 0 Å². The molecule has 0 aliphatic rings. The lowest BCUT2D eigenvalue weighted by molar-refractivity contribution is 0.0955. The van der Waals surface area contributed by atoms with E-state index in [1.165, 1.54) is 18.3 Å². The molecule has 0 radical (unpaired) electrons. The van der Waals surface area contributed by atoms with Gasteiger partial charge in [0, 0.05) is 29.2 Å². The van der Waals surface area contributed by atoms with Crippen molar-refractivity contribution in [2.24, 2.45) is 5.10 Å². The fraction of sp³-hybridized carbons (Fsp3) is 0. The molecule has 0 saturated heterocycles. The molecule has 2 aromatic heterocycles. The van der Waals surface area contributed by atoms with Gasteiger partial charge in [0.25, 0.3) is 5.91 Å². The molecule has 2 heterocycles. The quantitative estimate of drug-likeness (QED) is 0.409. The molecule has 0 fully saturated rings. The van der Waals surface area contributed by atoms with E-state index in [4.69, 9.17) is 4.42 Å². The van der Waals surface area contributed by atoms with Crippen LogP contribution >= 0.6 is 0 Å². The SMILES string of the molecule is O=C(N/N=C/c1ccc(-c2cccc(F)c2)o1)c1ccc(-n2cccc2)cc1. The molecule has 138 valence electrons. The second-order valence-electron chi connectivity index (χ2n) is 6.05. The zero-order chi connectivity index (χ0) is 19.3. The summed E-state index contributed by atoms with van der Waals surface area (Å²) < 4.78 is 20.9. The van der Waals surface area contributed by atoms with Crippen molar-refractivity contribution in [3.63, 3.8) is 0 Å². The van der Waals surface area contributed by atoms with Gasteiger partial charge in [-0.2, -0.15) is 5.10 Å². The van der Waals surface area contributed by atoms with Crippen LogP contribution in [0.1, 0.15) is 16.1 Å². The molecule has 0 aliphatic heterocycles. The number of furan rings is 1. The number of carbonyl (C=O) groups is 1. The van der Waals surface area contributed by atoms with E-state index in [9.17, 15) is 9.18 Å². The summed E-state index contributed by atoms with van der Waals surface area (Å²) in [6.07, 6.45) is 5.26. The van der Waals surface area contributed by atoms with Gasteiger partial charge in [-0.15, -0.1) is 0 Å².